The zero-order valence-electron chi connectivity index (χ0n) is 40.5. The molecule has 0 spiro atoms. The first kappa shape index (κ1) is 60.8. The van der Waals surface area contributed by atoms with Crippen LogP contribution in [0.5, 0.6) is 0 Å². The van der Waals surface area contributed by atoms with Crippen molar-refractivity contribution in [3.8, 4) is 0 Å². The van der Waals surface area contributed by atoms with E-state index in [-0.39, 0.29) is 31.6 Å². The van der Waals surface area contributed by atoms with E-state index in [0.29, 0.717) is 0 Å². The molecule has 3 heterocycles. The monoisotopic (exact) mass is 997 g/mol. The summed E-state index contributed by atoms with van der Waals surface area (Å²) < 4.78 is 23.5. The lowest BCUT2D eigenvalue weighted by Crippen LogP contribution is -2.62. The first-order valence-corrected chi connectivity index (χ1v) is 24.1. The third-order valence-corrected chi connectivity index (χ3v) is 12.8. The van der Waals surface area contributed by atoms with Crippen molar-refractivity contribution in [3.63, 3.8) is 0 Å². The van der Waals surface area contributed by atoms with Crippen LogP contribution in [0.15, 0.2) is 85.1 Å². The minimum Gasteiger partial charge on any atom is -0.462 e. The van der Waals surface area contributed by atoms with Crippen LogP contribution < -0.4 is 11.1 Å². The first-order chi connectivity index (χ1) is 33.1. The number of hydrogen-bond acceptors (Lipinski definition) is 19. The molecule has 3 aliphatic heterocycles. The van der Waals surface area contributed by atoms with Crippen LogP contribution in [0.4, 0.5) is 0 Å². The number of carbonyl (C=O) groups excluding carboxylic acids is 2. The van der Waals surface area contributed by atoms with E-state index in [4.69, 9.17) is 24.7 Å². The van der Waals surface area contributed by atoms with Gasteiger partial charge < -0.3 is 91.3 Å². The van der Waals surface area contributed by atoms with Crippen LogP contribution in [0, 0.1) is 17.8 Å². The summed E-state index contributed by atoms with van der Waals surface area (Å²) in [6.45, 7) is 5.43. The minimum atomic E-state index is -2.35. The number of amides is 1. The van der Waals surface area contributed by atoms with Gasteiger partial charge in [-0.15, -0.1) is 0 Å². The maximum atomic E-state index is 13.7. The Morgan fingerprint density at radius 3 is 1.86 bits per heavy atom. The van der Waals surface area contributed by atoms with Crippen LogP contribution in [-0.2, 0) is 28.5 Å². The van der Waals surface area contributed by atoms with Crippen molar-refractivity contribution in [2.75, 3.05) is 13.2 Å². The second-order valence-corrected chi connectivity index (χ2v) is 18.8. The molecular formula is C50H80N2O18. The van der Waals surface area contributed by atoms with Crippen molar-refractivity contribution in [2.45, 2.75) is 183 Å². The molecule has 0 aromatic carbocycles. The predicted octanol–water partition coefficient (Wildman–Crippen LogP) is -0.903. The van der Waals surface area contributed by atoms with E-state index in [2.05, 4.69) is 5.32 Å². The van der Waals surface area contributed by atoms with Gasteiger partial charge in [0.05, 0.1) is 105 Å². The van der Waals surface area contributed by atoms with E-state index in [9.17, 15) is 70.9 Å². The lowest BCUT2D eigenvalue weighted by Gasteiger charge is -2.46. The Hall–Kier alpha value is -3.52. The van der Waals surface area contributed by atoms with Gasteiger partial charge in [-0.1, -0.05) is 98.9 Å². The summed E-state index contributed by atoms with van der Waals surface area (Å²) >= 11 is 0. The zero-order chi connectivity index (χ0) is 52.1. The summed E-state index contributed by atoms with van der Waals surface area (Å²) in [5.74, 6) is -6.18. The molecule has 0 aliphatic carbocycles. The number of carbonyl (C=O) groups is 2. The van der Waals surface area contributed by atoms with Gasteiger partial charge in [0.1, 0.15) is 12.2 Å². The lowest BCUT2D eigenvalue weighted by molar-refractivity contribution is -0.307. The molecule has 3 rings (SSSR count). The molecule has 2 fully saturated rings. The Kier molecular flexibility index (Phi) is 26.5. The number of nitrogens with one attached hydrogen (secondary N) is 1. The topological polar surface area (TPSA) is 352 Å². The molecule has 2 saturated heterocycles. The Morgan fingerprint density at radius 1 is 0.700 bits per heavy atom. The second kappa shape index (κ2) is 30.5. The maximum absolute atomic E-state index is 13.7. The van der Waals surface area contributed by atoms with E-state index in [1.54, 1.807) is 86.8 Å². The lowest BCUT2D eigenvalue weighted by atomic mass is 9.82. The van der Waals surface area contributed by atoms with E-state index < -0.39 is 166 Å². The Labute approximate surface area is 410 Å². The van der Waals surface area contributed by atoms with Crippen molar-refractivity contribution >= 4 is 11.9 Å². The van der Waals surface area contributed by atoms with Crippen molar-refractivity contribution in [2.24, 2.45) is 23.5 Å². The predicted molar refractivity (Wildman–Crippen MR) is 255 cm³/mol. The summed E-state index contributed by atoms with van der Waals surface area (Å²) in [6.07, 6.45) is 3.19. The Morgan fingerprint density at radius 2 is 1.27 bits per heavy atom. The fraction of sp³-hybridized carbons (Fsp3) is 0.680. The highest BCUT2D eigenvalue weighted by Gasteiger charge is 2.51. The van der Waals surface area contributed by atoms with Gasteiger partial charge in [0.2, 0.25) is 5.91 Å². The molecular weight excluding hydrogens is 917 g/mol. The number of cyclic esters (lactones) is 1. The van der Waals surface area contributed by atoms with Gasteiger partial charge in [-0.3, -0.25) is 9.59 Å². The third kappa shape index (κ3) is 20.2. The van der Waals surface area contributed by atoms with Gasteiger partial charge in [-0.2, -0.15) is 0 Å². The number of allylic oxidation sites excluding steroid dienone is 12. The normalized spacial score (nSPS) is 43.1. The minimum absolute atomic E-state index is 0.121. The molecule has 70 heavy (non-hydrogen) atoms. The van der Waals surface area contributed by atoms with Crippen LogP contribution in [0.3, 0.4) is 0 Å². The van der Waals surface area contributed by atoms with E-state index >= 15 is 0 Å². The van der Waals surface area contributed by atoms with Crippen molar-refractivity contribution in [1.29, 1.82) is 0 Å². The van der Waals surface area contributed by atoms with Crippen LogP contribution in [-0.4, -0.2) is 190 Å². The number of rotatable bonds is 6. The Balaban J connectivity index is 1.94. The third-order valence-electron chi connectivity index (χ3n) is 12.8. The summed E-state index contributed by atoms with van der Waals surface area (Å²) in [7, 11) is 0. The van der Waals surface area contributed by atoms with Crippen LogP contribution in [0.25, 0.3) is 0 Å². The molecule has 0 saturated carbocycles. The quantitative estimate of drug-likeness (QED) is 0.143. The highest BCUT2D eigenvalue weighted by atomic mass is 16.7. The van der Waals surface area contributed by atoms with E-state index in [1.165, 1.54) is 13.0 Å². The van der Waals surface area contributed by atoms with Crippen LogP contribution in [0.2, 0.25) is 0 Å². The van der Waals surface area contributed by atoms with Gasteiger partial charge in [0.15, 0.2) is 12.1 Å². The van der Waals surface area contributed by atoms with Gasteiger partial charge in [0.25, 0.3) is 0 Å². The van der Waals surface area contributed by atoms with Gasteiger partial charge in [-0.25, -0.2) is 0 Å². The number of esters is 1. The van der Waals surface area contributed by atoms with Gasteiger partial charge in [-0.05, 0) is 33.1 Å². The summed E-state index contributed by atoms with van der Waals surface area (Å²) in [6, 6.07) is -2.29. The maximum Gasteiger partial charge on any atom is 0.308 e. The SMILES string of the molecule is CC1OC(OC2/C=C/C=C/C=C/C=C/C=C/C=C/C=C/[C@H](C)[C@@H](O)[C@@H](C)[C@H](C)OC(=O)C[C@H](O)C[C@H](O)CC[C@@H](O)[C@H](O)C[C@H](O)C[C@]3(O)C[C@H](O)[C@@H](C(=O)NC(CO)CO)[C@H](C2)O3)C(O)C(N)C1O. The number of hydrogen-bond donors (Lipinski definition) is 14. The summed E-state index contributed by atoms with van der Waals surface area (Å²) in [5.41, 5.74) is 6.07. The molecule has 6 unspecified atom stereocenters. The number of aliphatic hydroxyl groups excluding tert-OH is 11. The number of fused-ring (bicyclic) bond motifs is 2. The van der Waals surface area contributed by atoms with Crippen molar-refractivity contribution in [1.82, 2.24) is 5.32 Å². The summed E-state index contributed by atoms with van der Waals surface area (Å²) in [5, 5.41) is 131. The molecule has 20 nitrogen and oxygen atoms in total. The molecule has 0 aromatic heterocycles. The van der Waals surface area contributed by atoms with Crippen molar-refractivity contribution in [3.05, 3.63) is 85.1 Å². The molecule has 0 radical (unpaired) electrons. The number of aliphatic hydroxyl groups is 12. The van der Waals surface area contributed by atoms with Gasteiger partial charge >= 0.3 is 5.97 Å². The fourth-order valence-corrected chi connectivity index (χ4v) is 8.44. The van der Waals surface area contributed by atoms with Crippen LogP contribution in [0.1, 0.15) is 79.1 Å². The molecule has 3 aliphatic rings. The summed E-state index contributed by atoms with van der Waals surface area (Å²) in [4.78, 5) is 26.4. The average Bonchev–Trinajstić information content (AvgIpc) is 3.29. The van der Waals surface area contributed by atoms with Gasteiger partial charge in [0, 0.05) is 37.5 Å². The average molecular weight is 997 g/mol. The first-order valence-electron chi connectivity index (χ1n) is 24.1. The number of ether oxygens (including phenoxy) is 4. The molecule has 20 heteroatoms. The largest absolute Gasteiger partial charge is 0.462 e. The zero-order valence-corrected chi connectivity index (χ0v) is 40.5. The molecule has 15 N–H and O–H groups in total. The highest BCUT2D eigenvalue weighted by molar-refractivity contribution is 5.80. The van der Waals surface area contributed by atoms with Crippen molar-refractivity contribution < 1.29 is 89.8 Å². The standard InChI is InChI=1S/C50H80N2O18/c1-29-17-15-13-11-9-7-5-6-8-10-12-14-16-18-37(69-49-47(64)44(51)46(63)32(4)68-49)24-41-43(48(65)52-33(27-53)28-54)40(60)26-50(66,70-41)25-36(57)22-39(59)38(58)20-19-34(55)21-35(56)23-42(61)67-31(3)30(2)45(29)62/h5-18,29-41,43-47,49,53-60,62-64,66H,19-28,51H2,1-4H3,(H,52,65)/b6-5+,9-7+,10-8+,13-11+,14-12+,17-15+,18-16+/t29-,30-,31-,32?,34+,35+,36-,37?,38+,39+,40-,41-,43+,44?,45+,46?,47?,49?,50+/m0/s1. The molecule has 0 aromatic rings. The van der Waals surface area contributed by atoms with E-state index in [0.717, 1.165) is 0 Å². The smallest absolute Gasteiger partial charge is 0.308 e. The second-order valence-electron chi connectivity index (χ2n) is 18.8. The molecule has 19 atom stereocenters. The van der Waals surface area contributed by atoms with Crippen LogP contribution >= 0.6 is 0 Å². The highest BCUT2D eigenvalue weighted by Crippen LogP contribution is 2.38. The Bertz CT molecular complexity index is 1770. The number of nitrogens with two attached hydrogens (primary N) is 1. The van der Waals surface area contributed by atoms with E-state index in [1.807, 2.05) is 13.0 Å². The molecule has 398 valence electrons. The fourth-order valence-electron chi connectivity index (χ4n) is 8.44. The molecule has 1 amide bonds. The molecule has 2 bridgehead atoms.